The standard InChI is InChI=1S/C24H33N3O6S/c1-4-5-12-33-24-18(8-6-11-25-24)16-26-23(28)22(17(2)3)27-34(29,30)19-9-10-20-21(15-19)32-14-7-13-31-20/h6,8-11,15,17,22,27H,4-5,7,12-14,16H2,1-3H3,(H,26,28). The van der Waals surface area contributed by atoms with Crippen molar-refractivity contribution in [1.29, 1.82) is 0 Å². The van der Waals surface area contributed by atoms with Crippen molar-refractivity contribution in [2.45, 2.75) is 57.5 Å². The number of unbranched alkanes of at least 4 members (excludes halogenated alkanes) is 1. The Bertz CT molecular complexity index is 1070. The summed E-state index contributed by atoms with van der Waals surface area (Å²) in [6.07, 6.45) is 4.25. The Kier molecular flexibility index (Phi) is 9.12. The molecule has 9 nitrogen and oxygen atoms in total. The highest BCUT2D eigenvalue weighted by molar-refractivity contribution is 7.89. The lowest BCUT2D eigenvalue weighted by Gasteiger charge is -2.22. The quantitative estimate of drug-likeness (QED) is 0.464. The third-order valence-electron chi connectivity index (χ3n) is 5.30. The van der Waals surface area contributed by atoms with Crippen molar-refractivity contribution >= 4 is 15.9 Å². The van der Waals surface area contributed by atoms with Crippen LogP contribution in [0.25, 0.3) is 0 Å². The van der Waals surface area contributed by atoms with Crippen molar-refractivity contribution in [1.82, 2.24) is 15.0 Å². The van der Waals surface area contributed by atoms with Gasteiger partial charge in [-0.25, -0.2) is 13.4 Å². The van der Waals surface area contributed by atoms with E-state index in [-0.39, 0.29) is 17.4 Å². The second-order valence-corrected chi connectivity index (χ2v) is 10.1. The van der Waals surface area contributed by atoms with E-state index < -0.39 is 22.0 Å². The summed E-state index contributed by atoms with van der Waals surface area (Å²) < 4.78 is 45.6. The summed E-state index contributed by atoms with van der Waals surface area (Å²) in [4.78, 5) is 17.2. The average molecular weight is 492 g/mol. The van der Waals surface area contributed by atoms with Gasteiger partial charge in [-0.2, -0.15) is 4.72 Å². The van der Waals surface area contributed by atoms with Crippen LogP contribution >= 0.6 is 0 Å². The van der Waals surface area contributed by atoms with Gasteiger partial charge in [-0.05, 0) is 30.5 Å². The number of nitrogens with one attached hydrogen (secondary N) is 2. The summed E-state index contributed by atoms with van der Waals surface area (Å²) in [6, 6.07) is 7.06. The molecule has 1 amide bonds. The number of amides is 1. The number of carbonyl (C=O) groups is 1. The smallest absolute Gasteiger partial charge is 0.241 e. The number of rotatable bonds is 11. The summed E-state index contributed by atoms with van der Waals surface area (Å²) in [5, 5.41) is 2.81. The molecule has 10 heteroatoms. The first-order chi connectivity index (χ1) is 16.3. The minimum absolute atomic E-state index is 0.00840. The van der Waals surface area contributed by atoms with Gasteiger partial charge in [0.1, 0.15) is 6.04 Å². The van der Waals surface area contributed by atoms with E-state index in [4.69, 9.17) is 14.2 Å². The molecule has 2 aromatic rings. The molecule has 0 spiro atoms. The molecule has 0 fully saturated rings. The van der Waals surface area contributed by atoms with Gasteiger partial charge in [0.15, 0.2) is 11.5 Å². The molecule has 186 valence electrons. The second-order valence-electron chi connectivity index (χ2n) is 8.39. The summed E-state index contributed by atoms with van der Waals surface area (Å²) in [5.41, 5.74) is 0.722. The Morgan fingerprint density at radius 1 is 1.18 bits per heavy atom. The first-order valence-corrected chi connectivity index (χ1v) is 13.1. The Morgan fingerprint density at radius 2 is 1.94 bits per heavy atom. The van der Waals surface area contributed by atoms with Crippen molar-refractivity contribution in [2.75, 3.05) is 19.8 Å². The summed E-state index contributed by atoms with van der Waals surface area (Å²) in [7, 11) is -3.98. The average Bonchev–Trinajstić information content (AvgIpc) is 3.06. The zero-order valence-electron chi connectivity index (χ0n) is 19.9. The SMILES string of the molecule is CCCCOc1ncccc1CNC(=O)C(NS(=O)(=O)c1ccc2c(c1)OCCCO2)C(C)C. The summed E-state index contributed by atoms with van der Waals surface area (Å²) in [6.45, 7) is 7.30. The molecule has 0 radical (unpaired) electrons. The number of ether oxygens (including phenoxy) is 3. The first-order valence-electron chi connectivity index (χ1n) is 11.6. The van der Waals surface area contributed by atoms with Gasteiger partial charge in [-0.15, -0.1) is 0 Å². The predicted octanol–water partition coefficient (Wildman–Crippen LogP) is 3.04. The maximum atomic E-state index is 13.1. The number of aromatic nitrogens is 1. The van der Waals surface area contributed by atoms with E-state index in [9.17, 15) is 13.2 Å². The van der Waals surface area contributed by atoms with Crippen LogP contribution in [0.2, 0.25) is 0 Å². The molecule has 34 heavy (non-hydrogen) atoms. The van der Waals surface area contributed by atoms with Crippen LogP contribution < -0.4 is 24.2 Å². The van der Waals surface area contributed by atoms with Crippen molar-refractivity contribution < 1.29 is 27.4 Å². The van der Waals surface area contributed by atoms with Gasteiger partial charge in [-0.3, -0.25) is 4.79 Å². The maximum Gasteiger partial charge on any atom is 0.241 e. The van der Waals surface area contributed by atoms with Gasteiger partial charge < -0.3 is 19.5 Å². The lowest BCUT2D eigenvalue weighted by molar-refractivity contribution is -0.123. The van der Waals surface area contributed by atoms with E-state index >= 15 is 0 Å². The third kappa shape index (κ3) is 6.83. The Hall–Kier alpha value is -2.85. The van der Waals surface area contributed by atoms with Crippen LogP contribution in [-0.2, 0) is 21.4 Å². The van der Waals surface area contributed by atoms with E-state index in [1.54, 1.807) is 32.2 Å². The number of carbonyl (C=O) groups excluding carboxylic acids is 1. The fraction of sp³-hybridized carbons (Fsp3) is 0.500. The summed E-state index contributed by atoms with van der Waals surface area (Å²) in [5.74, 6) is 0.617. The van der Waals surface area contributed by atoms with Crippen LogP contribution in [0.4, 0.5) is 0 Å². The Morgan fingerprint density at radius 3 is 2.68 bits per heavy atom. The number of fused-ring (bicyclic) bond motifs is 1. The van der Waals surface area contributed by atoms with Crippen LogP contribution in [0.1, 0.15) is 45.6 Å². The Balaban J connectivity index is 1.69. The fourth-order valence-corrected chi connectivity index (χ4v) is 4.69. The van der Waals surface area contributed by atoms with Crippen molar-refractivity contribution in [3.63, 3.8) is 0 Å². The van der Waals surface area contributed by atoms with E-state index in [0.29, 0.717) is 43.6 Å². The molecule has 1 aliphatic rings. The number of hydrogen-bond acceptors (Lipinski definition) is 7. The molecule has 1 unspecified atom stereocenters. The number of benzene rings is 1. The zero-order chi connectivity index (χ0) is 24.6. The molecule has 2 N–H and O–H groups in total. The highest BCUT2D eigenvalue weighted by Crippen LogP contribution is 2.32. The van der Waals surface area contributed by atoms with Crippen LogP contribution in [0.15, 0.2) is 41.4 Å². The normalized spacial score (nSPS) is 14.4. The molecular formula is C24H33N3O6S. The van der Waals surface area contributed by atoms with Gasteiger partial charge >= 0.3 is 0 Å². The zero-order valence-corrected chi connectivity index (χ0v) is 20.7. The molecule has 1 atom stereocenters. The van der Waals surface area contributed by atoms with Gasteiger partial charge in [0, 0.05) is 30.8 Å². The largest absolute Gasteiger partial charge is 0.490 e. The summed E-state index contributed by atoms with van der Waals surface area (Å²) >= 11 is 0. The fourth-order valence-electron chi connectivity index (χ4n) is 3.33. The predicted molar refractivity (Wildman–Crippen MR) is 127 cm³/mol. The van der Waals surface area contributed by atoms with Crippen molar-refractivity contribution in [3.8, 4) is 17.4 Å². The molecule has 0 bridgehead atoms. The van der Waals surface area contributed by atoms with Gasteiger partial charge in [0.05, 0.1) is 24.7 Å². The molecule has 0 saturated carbocycles. The van der Waals surface area contributed by atoms with Crippen molar-refractivity contribution in [2.24, 2.45) is 5.92 Å². The molecular weight excluding hydrogens is 458 g/mol. The number of nitrogens with zero attached hydrogens (tertiary/aromatic N) is 1. The first kappa shape index (κ1) is 25.8. The topological polar surface area (TPSA) is 116 Å². The molecule has 1 aromatic carbocycles. The van der Waals surface area contributed by atoms with Gasteiger partial charge in [0.2, 0.25) is 21.8 Å². The van der Waals surface area contributed by atoms with Crippen LogP contribution in [-0.4, -0.2) is 45.2 Å². The van der Waals surface area contributed by atoms with E-state index in [1.165, 1.54) is 12.1 Å². The molecule has 0 saturated heterocycles. The van der Waals surface area contributed by atoms with Gasteiger partial charge in [-0.1, -0.05) is 33.3 Å². The van der Waals surface area contributed by atoms with Crippen molar-refractivity contribution in [3.05, 3.63) is 42.1 Å². The van der Waals surface area contributed by atoms with E-state index in [2.05, 4.69) is 21.9 Å². The van der Waals surface area contributed by atoms with Gasteiger partial charge in [0.25, 0.3) is 0 Å². The third-order valence-corrected chi connectivity index (χ3v) is 6.74. The lowest BCUT2D eigenvalue weighted by atomic mass is 10.0. The number of pyridine rings is 1. The molecule has 3 rings (SSSR count). The molecule has 0 aliphatic carbocycles. The van der Waals surface area contributed by atoms with E-state index in [0.717, 1.165) is 18.4 Å². The minimum Gasteiger partial charge on any atom is -0.490 e. The maximum absolute atomic E-state index is 13.1. The monoisotopic (exact) mass is 491 g/mol. The van der Waals surface area contributed by atoms with Crippen LogP contribution in [0, 0.1) is 5.92 Å². The highest BCUT2D eigenvalue weighted by Gasteiger charge is 2.29. The number of hydrogen-bond donors (Lipinski definition) is 2. The van der Waals surface area contributed by atoms with E-state index in [1.807, 2.05) is 6.07 Å². The molecule has 1 aromatic heterocycles. The molecule has 2 heterocycles. The number of sulfonamides is 1. The highest BCUT2D eigenvalue weighted by atomic mass is 32.2. The second kappa shape index (κ2) is 12.0. The van der Waals surface area contributed by atoms with Crippen LogP contribution in [0.3, 0.4) is 0 Å². The van der Waals surface area contributed by atoms with Crippen LogP contribution in [0.5, 0.6) is 17.4 Å². The molecule has 1 aliphatic heterocycles. The minimum atomic E-state index is -3.98. The Labute approximate surface area is 201 Å². The lowest BCUT2D eigenvalue weighted by Crippen LogP contribution is -2.49.